The van der Waals surface area contributed by atoms with Crippen molar-refractivity contribution >= 4 is 15.9 Å². The number of aromatic nitrogens is 1. The minimum atomic E-state index is 0.280. The Kier molecular flexibility index (Phi) is 5.36. The molecule has 0 radical (unpaired) electrons. The van der Waals surface area contributed by atoms with Crippen LogP contribution in [0.25, 0.3) is 0 Å². The summed E-state index contributed by atoms with van der Waals surface area (Å²) in [5, 5.41) is 3.41. The van der Waals surface area contributed by atoms with Gasteiger partial charge in [-0.15, -0.1) is 0 Å². The predicted molar refractivity (Wildman–Crippen MR) is 80.3 cm³/mol. The molecule has 1 N–H and O–H groups in total. The molecule has 19 heavy (non-hydrogen) atoms. The Balaban J connectivity index is 1.71. The average Bonchev–Trinajstić information content (AvgIpc) is 2.46. The van der Waals surface area contributed by atoms with Gasteiger partial charge in [-0.25, -0.2) is 0 Å². The van der Waals surface area contributed by atoms with E-state index in [0.29, 0.717) is 6.61 Å². The van der Waals surface area contributed by atoms with Gasteiger partial charge >= 0.3 is 0 Å². The maximum absolute atomic E-state index is 5.65. The molecule has 1 aromatic carbocycles. The Morgan fingerprint density at radius 3 is 2.74 bits per heavy atom. The normalized spacial score (nSPS) is 12.1. The predicted octanol–water partition coefficient (Wildman–Crippen LogP) is 3.57. The zero-order valence-corrected chi connectivity index (χ0v) is 12.4. The van der Waals surface area contributed by atoms with E-state index in [9.17, 15) is 0 Å². The Labute approximate surface area is 122 Å². The van der Waals surface area contributed by atoms with Crippen LogP contribution in [0, 0.1) is 0 Å². The summed E-state index contributed by atoms with van der Waals surface area (Å²) in [6.45, 7) is 3.56. The second-order valence-electron chi connectivity index (χ2n) is 4.26. The first-order valence-corrected chi connectivity index (χ1v) is 7.06. The number of rotatable bonds is 6. The van der Waals surface area contributed by atoms with Gasteiger partial charge in [0.1, 0.15) is 12.4 Å². The molecule has 0 saturated heterocycles. The van der Waals surface area contributed by atoms with Crippen molar-refractivity contribution in [2.24, 2.45) is 0 Å². The first-order valence-electron chi connectivity index (χ1n) is 6.27. The Morgan fingerprint density at radius 2 is 2.05 bits per heavy atom. The molecule has 4 heteroatoms. The second kappa shape index (κ2) is 7.26. The Bertz CT molecular complexity index is 487. The fourth-order valence-electron chi connectivity index (χ4n) is 1.73. The molecule has 1 heterocycles. The largest absolute Gasteiger partial charge is 0.492 e. The molecule has 0 bridgehead atoms. The number of ether oxygens (including phenoxy) is 1. The summed E-state index contributed by atoms with van der Waals surface area (Å²) in [6, 6.07) is 12.2. The maximum Gasteiger partial charge on any atom is 0.119 e. The lowest BCUT2D eigenvalue weighted by atomic mass is 10.1. The van der Waals surface area contributed by atoms with Crippen LogP contribution in [0.1, 0.15) is 18.5 Å². The van der Waals surface area contributed by atoms with Crippen molar-refractivity contribution in [2.45, 2.75) is 13.0 Å². The summed E-state index contributed by atoms with van der Waals surface area (Å²) in [4.78, 5) is 4.11. The topological polar surface area (TPSA) is 34.1 Å². The van der Waals surface area contributed by atoms with Crippen LogP contribution in [-0.4, -0.2) is 18.1 Å². The molecule has 0 aliphatic heterocycles. The minimum absolute atomic E-state index is 0.280. The van der Waals surface area contributed by atoms with Crippen LogP contribution >= 0.6 is 15.9 Å². The first-order chi connectivity index (χ1) is 9.25. The maximum atomic E-state index is 5.65. The summed E-state index contributed by atoms with van der Waals surface area (Å²) >= 11 is 3.40. The molecule has 1 unspecified atom stereocenters. The van der Waals surface area contributed by atoms with Gasteiger partial charge in [-0.2, -0.15) is 0 Å². The molecule has 0 aliphatic rings. The van der Waals surface area contributed by atoms with Crippen molar-refractivity contribution in [3.63, 3.8) is 0 Å². The highest BCUT2D eigenvalue weighted by Gasteiger charge is 2.03. The molecule has 0 saturated carbocycles. The highest BCUT2D eigenvalue weighted by Crippen LogP contribution is 2.16. The van der Waals surface area contributed by atoms with Gasteiger partial charge in [0.15, 0.2) is 0 Å². The van der Waals surface area contributed by atoms with E-state index < -0.39 is 0 Å². The summed E-state index contributed by atoms with van der Waals surface area (Å²) in [5.41, 5.74) is 1.19. The average molecular weight is 321 g/mol. The summed E-state index contributed by atoms with van der Waals surface area (Å²) < 4.78 is 6.71. The third-order valence-corrected chi connectivity index (χ3v) is 3.35. The van der Waals surface area contributed by atoms with E-state index in [-0.39, 0.29) is 6.04 Å². The van der Waals surface area contributed by atoms with Gasteiger partial charge < -0.3 is 10.1 Å². The molecule has 2 rings (SSSR count). The second-order valence-corrected chi connectivity index (χ2v) is 5.18. The van der Waals surface area contributed by atoms with Gasteiger partial charge in [0.05, 0.1) is 0 Å². The Hall–Kier alpha value is -1.39. The third-order valence-electron chi connectivity index (χ3n) is 2.82. The van der Waals surface area contributed by atoms with Crippen molar-refractivity contribution in [1.82, 2.24) is 10.3 Å². The molecule has 0 fully saturated rings. The van der Waals surface area contributed by atoms with Crippen LogP contribution in [0.5, 0.6) is 5.75 Å². The van der Waals surface area contributed by atoms with Crippen LogP contribution in [0.3, 0.4) is 0 Å². The van der Waals surface area contributed by atoms with E-state index in [4.69, 9.17) is 4.74 Å². The van der Waals surface area contributed by atoms with Crippen LogP contribution < -0.4 is 10.1 Å². The van der Waals surface area contributed by atoms with Gasteiger partial charge in [-0.3, -0.25) is 4.98 Å². The molecule has 100 valence electrons. The lowest BCUT2D eigenvalue weighted by Crippen LogP contribution is -2.24. The summed E-state index contributed by atoms with van der Waals surface area (Å²) in [5.74, 6) is 0.888. The SMILES string of the molecule is CC(NCCOc1ccc(Br)cc1)c1cccnc1. The number of nitrogens with zero attached hydrogens (tertiary/aromatic N) is 1. The quantitative estimate of drug-likeness (QED) is 0.826. The number of pyridine rings is 1. The van der Waals surface area contributed by atoms with Crippen molar-refractivity contribution < 1.29 is 4.74 Å². The van der Waals surface area contributed by atoms with Crippen molar-refractivity contribution in [1.29, 1.82) is 0 Å². The van der Waals surface area contributed by atoms with Crippen molar-refractivity contribution in [3.8, 4) is 5.75 Å². The van der Waals surface area contributed by atoms with E-state index >= 15 is 0 Å². The molecule has 1 aromatic heterocycles. The zero-order valence-electron chi connectivity index (χ0n) is 10.8. The van der Waals surface area contributed by atoms with Gasteiger partial charge in [-0.1, -0.05) is 22.0 Å². The van der Waals surface area contributed by atoms with Gasteiger partial charge in [0.25, 0.3) is 0 Å². The van der Waals surface area contributed by atoms with Gasteiger partial charge in [-0.05, 0) is 42.8 Å². The molecule has 2 aromatic rings. The number of nitrogens with one attached hydrogen (secondary N) is 1. The Morgan fingerprint density at radius 1 is 1.26 bits per heavy atom. The van der Waals surface area contributed by atoms with E-state index in [2.05, 4.69) is 39.2 Å². The standard InChI is InChI=1S/C15H17BrN2O/c1-12(13-3-2-8-17-11-13)18-9-10-19-15-6-4-14(16)5-7-15/h2-8,11-12,18H,9-10H2,1H3. The number of hydrogen-bond acceptors (Lipinski definition) is 3. The first kappa shape index (κ1) is 14.0. The monoisotopic (exact) mass is 320 g/mol. The molecular weight excluding hydrogens is 304 g/mol. The van der Waals surface area contributed by atoms with E-state index in [0.717, 1.165) is 16.8 Å². The molecule has 0 spiro atoms. The van der Waals surface area contributed by atoms with Crippen molar-refractivity contribution in [2.75, 3.05) is 13.2 Å². The van der Waals surface area contributed by atoms with Crippen LogP contribution in [0.4, 0.5) is 0 Å². The number of hydrogen-bond donors (Lipinski definition) is 1. The summed E-state index contributed by atoms with van der Waals surface area (Å²) in [7, 11) is 0. The van der Waals surface area contributed by atoms with Crippen LogP contribution in [0.15, 0.2) is 53.3 Å². The zero-order chi connectivity index (χ0) is 13.5. The molecular formula is C15H17BrN2O. The summed E-state index contributed by atoms with van der Waals surface area (Å²) in [6.07, 6.45) is 3.67. The highest BCUT2D eigenvalue weighted by atomic mass is 79.9. The van der Waals surface area contributed by atoms with E-state index in [1.165, 1.54) is 5.56 Å². The minimum Gasteiger partial charge on any atom is -0.492 e. The van der Waals surface area contributed by atoms with E-state index in [1.807, 2.05) is 36.5 Å². The lowest BCUT2D eigenvalue weighted by molar-refractivity contribution is 0.307. The highest BCUT2D eigenvalue weighted by molar-refractivity contribution is 9.10. The molecule has 0 aliphatic carbocycles. The van der Waals surface area contributed by atoms with Gasteiger partial charge in [0.2, 0.25) is 0 Å². The van der Waals surface area contributed by atoms with Crippen molar-refractivity contribution in [3.05, 3.63) is 58.8 Å². The lowest BCUT2D eigenvalue weighted by Gasteiger charge is -2.14. The smallest absolute Gasteiger partial charge is 0.119 e. The fourth-order valence-corrected chi connectivity index (χ4v) is 1.99. The fraction of sp³-hybridized carbons (Fsp3) is 0.267. The molecule has 3 nitrogen and oxygen atoms in total. The molecule has 0 amide bonds. The molecule has 1 atom stereocenters. The number of halogens is 1. The van der Waals surface area contributed by atoms with Crippen LogP contribution in [0.2, 0.25) is 0 Å². The van der Waals surface area contributed by atoms with Crippen LogP contribution in [-0.2, 0) is 0 Å². The third kappa shape index (κ3) is 4.65. The number of benzene rings is 1. The van der Waals surface area contributed by atoms with Gasteiger partial charge in [0, 0.05) is 29.5 Å². The van der Waals surface area contributed by atoms with E-state index in [1.54, 1.807) is 6.20 Å².